The number of para-hydroxylation sites is 2. The van der Waals surface area contributed by atoms with E-state index < -0.39 is 0 Å². The zero-order valence-electron chi connectivity index (χ0n) is 13.6. The molecule has 0 heterocycles. The van der Waals surface area contributed by atoms with Crippen LogP contribution in [0.2, 0.25) is 0 Å². The van der Waals surface area contributed by atoms with Gasteiger partial charge >= 0.3 is 0 Å². The summed E-state index contributed by atoms with van der Waals surface area (Å²) in [7, 11) is 0. The third-order valence-corrected chi connectivity index (χ3v) is 4.41. The lowest BCUT2D eigenvalue weighted by Gasteiger charge is -2.24. The lowest BCUT2D eigenvalue weighted by atomic mass is 9.90. The second kappa shape index (κ2) is 6.71. The van der Waals surface area contributed by atoms with Crippen LogP contribution >= 0.6 is 0 Å². The van der Waals surface area contributed by atoms with E-state index in [1.165, 1.54) is 16.8 Å². The van der Waals surface area contributed by atoms with Gasteiger partial charge < -0.3 is 0 Å². The molecular weight excluding hydrogens is 292 g/mol. The van der Waals surface area contributed by atoms with Gasteiger partial charge in [0.25, 0.3) is 0 Å². The normalized spacial score (nSPS) is 15.1. The third kappa shape index (κ3) is 2.95. The van der Waals surface area contributed by atoms with Crippen molar-refractivity contribution in [2.75, 3.05) is 5.01 Å². The topological polar surface area (TPSA) is 15.6 Å². The highest BCUT2D eigenvalue weighted by molar-refractivity contribution is 6.03. The van der Waals surface area contributed by atoms with Crippen molar-refractivity contribution >= 4 is 17.1 Å². The summed E-state index contributed by atoms with van der Waals surface area (Å²) in [5.74, 6) is 0. The number of hydrazone groups is 1. The average Bonchev–Trinajstić information content (AvgIpc) is 2.67. The molecule has 1 aliphatic carbocycles. The molecule has 0 saturated heterocycles. The number of fused-ring (bicyclic) bond motifs is 1. The van der Waals surface area contributed by atoms with Gasteiger partial charge in [0.1, 0.15) is 0 Å². The lowest BCUT2D eigenvalue weighted by Crippen LogP contribution is -2.18. The van der Waals surface area contributed by atoms with Gasteiger partial charge in [0, 0.05) is 5.56 Å². The van der Waals surface area contributed by atoms with E-state index >= 15 is 0 Å². The Bertz CT molecular complexity index is 799. The standard InChI is InChI=1S/C22H20N2/c1-3-12-19(13-4-1)24(20-14-5-2-6-15-20)23-22-17-9-11-18-10-7-8-16-21(18)22/h1-8,10,12-16H,9,11,17H2/b23-22-. The largest absolute Gasteiger partial charge is 0.233 e. The van der Waals surface area contributed by atoms with E-state index in [1.54, 1.807) is 0 Å². The molecule has 0 amide bonds. The highest BCUT2D eigenvalue weighted by Gasteiger charge is 2.17. The van der Waals surface area contributed by atoms with Crippen LogP contribution in [-0.2, 0) is 6.42 Å². The molecule has 0 aliphatic heterocycles. The number of aryl methyl sites for hydroxylation is 1. The first-order chi connectivity index (χ1) is 11.9. The van der Waals surface area contributed by atoms with Crippen LogP contribution in [0.25, 0.3) is 0 Å². The van der Waals surface area contributed by atoms with Crippen molar-refractivity contribution in [1.82, 2.24) is 0 Å². The molecular formula is C22H20N2. The minimum absolute atomic E-state index is 1.02. The Labute approximate surface area is 143 Å². The zero-order chi connectivity index (χ0) is 16.2. The monoisotopic (exact) mass is 312 g/mol. The third-order valence-electron chi connectivity index (χ3n) is 4.41. The fourth-order valence-corrected chi connectivity index (χ4v) is 3.23. The molecule has 2 heteroatoms. The van der Waals surface area contributed by atoms with Crippen molar-refractivity contribution in [2.45, 2.75) is 19.3 Å². The van der Waals surface area contributed by atoms with Gasteiger partial charge in [0.05, 0.1) is 17.1 Å². The number of hydrogen-bond acceptors (Lipinski definition) is 2. The quantitative estimate of drug-likeness (QED) is 0.578. The molecule has 2 nitrogen and oxygen atoms in total. The van der Waals surface area contributed by atoms with E-state index in [4.69, 9.17) is 5.10 Å². The summed E-state index contributed by atoms with van der Waals surface area (Å²) in [5, 5.41) is 7.12. The van der Waals surface area contributed by atoms with Crippen molar-refractivity contribution in [3.63, 3.8) is 0 Å². The average molecular weight is 312 g/mol. The van der Waals surface area contributed by atoms with E-state index in [0.29, 0.717) is 0 Å². The molecule has 4 rings (SSSR count). The molecule has 3 aromatic rings. The van der Waals surface area contributed by atoms with Crippen molar-refractivity contribution < 1.29 is 0 Å². The molecule has 0 spiro atoms. The van der Waals surface area contributed by atoms with Crippen LogP contribution < -0.4 is 5.01 Å². The fraction of sp³-hybridized carbons (Fsp3) is 0.136. The summed E-state index contributed by atoms with van der Waals surface area (Å²) in [6.45, 7) is 0. The summed E-state index contributed by atoms with van der Waals surface area (Å²) in [4.78, 5) is 0. The minimum Gasteiger partial charge on any atom is -0.233 e. The second-order valence-corrected chi connectivity index (χ2v) is 6.04. The Morgan fingerprint density at radius 2 is 1.21 bits per heavy atom. The van der Waals surface area contributed by atoms with E-state index in [0.717, 1.165) is 30.6 Å². The molecule has 0 unspecified atom stereocenters. The van der Waals surface area contributed by atoms with Gasteiger partial charge in [-0.3, -0.25) is 0 Å². The molecule has 118 valence electrons. The van der Waals surface area contributed by atoms with Crippen molar-refractivity contribution in [3.05, 3.63) is 96.1 Å². The van der Waals surface area contributed by atoms with Gasteiger partial charge in [-0.05, 0) is 49.1 Å². The van der Waals surface area contributed by atoms with Crippen LogP contribution in [0.15, 0.2) is 90.0 Å². The summed E-state index contributed by atoms with van der Waals surface area (Å²) in [6, 6.07) is 29.4. The first-order valence-corrected chi connectivity index (χ1v) is 8.48. The van der Waals surface area contributed by atoms with Crippen LogP contribution in [-0.4, -0.2) is 5.71 Å². The van der Waals surface area contributed by atoms with Crippen LogP contribution in [0, 0.1) is 0 Å². The fourth-order valence-electron chi connectivity index (χ4n) is 3.23. The van der Waals surface area contributed by atoms with E-state index in [-0.39, 0.29) is 0 Å². The maximum absolute atomic E-state index is 5.07. The van der Waals surface area contributed by atoms with E-state index in [2.05, 4.69) is 77.8 Å². The molecule has 24 heavy (non-hydrogen) atoms. The van der Waals surface area contributed by atoms with Gasteiger partial charge in [-0.15, -0.1) is 0 Å². The summed E-state index contributed by atoms with van der Waals surface area (Å²) in [6.07, 6.45) is 3.33. The Morgan fingerprint density at radius 3 is 1.88 bits per heavy atom. The van der Waals surface area contributed by atoms with Crippen LogP contribution in [0.5, 0.6) is 0 Å². The molecule has 0 radical (unpaired) electrons. The molecule has 0 saturated carbocycles. The highest BCUT2D eigenvalue weighted by atomic mass is 15.5. The Kier molecular flexibility index (Phi) is 4.11. The van der Waals surface area contributed by atoms with Gasteiger partial charge in [-0.2, -0.15) is 5.10 Å². The lowest BCUT2D eigenvalue weighted by molar-refractivity contribution is 0.832. The van der Waals surface area contributed by atoms with Crippen molar-refractivity contribution in [1.29, 1.82) is 0 Å². The molecule has 0 N–H and O–H groups in total. The molecule has 1 aliphatic rings. The Hall–Kier alpha value is -2.87. The van der Waals surface area contributed by atoms with Crippen LogP contribution in [0.1, 0.15) is 24.0 Å². The van der Waals surface area contributed by atoms with Gasteiger partial charge in [-0.25, -0.2) is 5.01 Å². The maximum atomic E-state index is 5.07. The number of nitrogens with zero attached hydrogens (tertiary/aromatic N) is 2. The Balaban J connectivity index is 1.81. The van der Waals surface area contributed by atoms with Gasteiger partial charge in [-0.1, -0.05) is 60.7 Å². The molecule has 0 aromatic heterocycles. The molecule has 3 aromatic carbocycles. The first kappa shape index (κ1) is 14.7. The SMILES string of the molecule is c1ccc(N(/N=C2/CCCc3ccccc32)c2ccccc2)cc1. The second-order valence-electron chi connectivity index (χ2n) is 6.04. The van der Waals surface area contributed by atoms with Gasteiger partial charge in [0.15, 0.2) is 0 Å². The van der Waals surface area contributed by atoms with Crippen LogP contribution in [0.4, 0.5) is 11.4 Å². The Morgan fingerprint density at radius 1 is 0.625 bits per heavy atom. The zero-order valence-corrected chi connectivity index (χ0v) is 13.6. The molecule has 0 bridgehead atoms. The number of anilines is 2. The smallest absolute Gasteiger partial charge is 0.0689 e. The number of benzene rings is 3. The first-order valence-electron chi connectivity index (χ1n) is 8.48. The number of rotatable bonds is 3. The predicted molar refractivity (Wildman–Crippen MR) is 101 cm³/mol. The van der Waals surface area contributed by atoms with E-state index in [9.17, 15) is 0 Å². The molecule has 0 fully saturated rings. The highest BCUT2D eigenvalue weighted by Crippen LogP contribution is 2.28. The van der Waals surface area contributed by atoms with Crippen molar-refractivity contribution in [2.24, 2.45) is 5.10 Å². The minimum atomic E-state index is 1.02. The van der Waals surface area contributed by atoms with Crippen molar-refractivity contribution in [3.8, 4) is 0 Å². The molecule has 0 atom stereocenters. The van der Waals surface area contributed by atoms with Gasteiger partial charge in [0.2, 0.25) is 0 Å². The predicted octanol–water partition coefficient (Wildman–Crippen LogP) is 5.57. The summed E-state index contributed by atoms with van der Waals surface area (Å²) >= 11 is 0. The summed E-state index contributed by atoms with van der Waals surface area (Å²) < 4.78 is 0. The summed E-state index contributed by atoms with van der Waals surface area (Å²) in [5.41, 5.74) is 6.03. The van der Waals surface area contributed by atoms with Crippen LogP contribution in [0.3, 0.4) is 0 Å². The van der Waals surface area contributed by atoms with E-state index in [1.807, 2.05) is 12.1 Å². The number of hydrogen-bond donors (Lipinski definition) is 0. The maximum Gasteiger partial charge on any atom is 0.0689 e.